The molecule has 0 spiro atoms. The molecule has 0 unspecified atom stereocenters. The van der Waals surface area contributed by atoms with Gasteiger partial charge in [0.25, 0.3) is 5.91 Å². The standard InChI is InChI=1S/C17H20N4O3/c1-20(17(16(23)24)7-3-2-4-8-17)15(22)14-12-13(6-10-18-14)21-11-5-9-19-21/h5-6,9-12H,2-4,7-8H2,1H3,(H,23,24). The van der Waals surface area contributed by atoms with Crippen LogP contribution in [0.1, 0.15) is 42.6 Å². The van der Waals surface area contributed by atoms with Crippen LogP contribution in [0.3, 0.4) is 0 Å². The van der Waals surface area contributed by atoms with E-state index in [-0.39, 0.29) is 11.6 Å². The highest BCUT2D eigenvalue weighted by Gasteiger charge is 2.45. The van der Waals surface area contributed by atoms with Gasteiger partial charge in [0, 0.05) is 25.6 Å². The third-order valence-corrected chi connectivity index (χ3v) is 4.76. The second-order valence-electron chi connectivity index (χ2n) is 6.11. The van der Waals surface area contributed by atoms with E-state index in [0.29, 0.717) is 18.5 Å². The number of amides is 1. The highest BCUT2D eigenvalue weighted by molar-refractivity contribution is 5.96. The lowest BCUT2D eigenvalue weighted by atomic mass is 9.80. The van der Waals surface area contributed by atoms with E-state index < -0.39 is 11.5 Å². The summed E-state index contributed by atoms with van der Waals surface area (Å²) >= 11 is 0. The topological polar surface area (TPSA) is 88.3 Å². The van der Waals surface area contributed by atoms with E-state index in [0.717, 1.165) is 19.3 Å². The number of carbonyl (C=O) groups excluding carboxylic acids is 1. The highest BCUT2D eigenvalue weighted by Crippen LogP contribution is 2.34. The minimum absolute atomic E-state index is 0.219. The van der Waals surface area contributed by atoms with Crippen LogP contribution in [-0.2, 0) is 4.79 Å². The fraction of sp³-hybridized carbons (Fsp3) is 0.412. The molecule has 1 aliphatic rings. The monoisotopic (exact) mass is 328 g/mol. The fourth-order valence-electron chi connectivity index (χ4n) is 3.30. The summed E-state index contributed by atoms with van der Waals surface area (Å²) in [5, 5.41) is 13.9. The number of carboxylic acids is 1. The predicted molar refractivity (Wildman–Crippen MR) is 86.9 cm³/mol. The lowest BCUT2D eigenvalue weighted by Crippen LogP contribution is -2.56. The first kappa shape index (κ1) is 16.2. The lowest BCUT2D eigenvalue weighted by molar-refractivity contribution is -0.151. The molecule has 0 bridgehead atoms. The maximum atomic E-state index is 12.8. The molecule has 0 aliphatic heterocycles. The molecular weight excluding hydrogens is 308 g/mol. The number of hydrogen-bond donors (Lipinski definition) is 1. The van der Waals surface area contributed by atoms with Gasteiger partial charge in [-0.15, -0.1) is 0 Å². The number of nitrogens with zero attached hydrogens (tertiary/aromatic N) is 4. The zero-order valence-corrected chi connectivity index (χ0v) is 13.6. The highest BCUT2D eigenvalue weighted by atomic mass is 16.4. The van der Waals surface area contributed by atoms with Crippen molar-refractivity contribution in [2.45, 2.75) is 37.6 Å². The normalized spacial score (nSPS) is 16.5. The summed E-state index contributed by atoms with van der Waals surface area (Å²) in [6, 6.07) is 5.16. The van der Waals surface area contributed by atoms with Gasteiger partial charge in [0.2, 0.25) is 0 Å². The molecule has 1 saturated carbocycles. The van der Waals surface area contributed by atoms with Crippen LogP contribution in [-0.4, -0.2) is 49.2 Å². The minimum atomic E-state index is -1.14. The van der Waals surface area contributed by atoms with Crippen molar-refractivity contribution < 1.29 is 14.7 Å². The first-order chi connectivity index (χ1) is 11.5. The van der Waals surface area contributed by atoms with Crippen LogP contribution in [0.25, 0.3) is 5.69 Å². The molecule has 126 valence electrons. The molecule has 0 aromatic carbocycles. The van der Waals surface area contributed by atoms with Crippen LogP contribution in [0.5, 0.6) is 0 Å². The van der Waals surface area contributed by atoms with Crippen molar-refractivity contribution in [1.82, 2.24) is 19.7 Å². The first-order valence-corrected chi connectivity index (χ1v) is 8.02. The molecule has 0 saturated heterocycles. The van der Waals surface area contributed by atoms with Crippen LogP contribution in [0, 0.1) is 0 Å². The summed E-state index contributed by atoms with van der Waals surface area (Å²) in [4.78, 5) is 30.2. The fourth-order valence-corrected chi connectivity index (χ4v) is 3.30. The smallest absolute Gasteiger partial charge is 0.329 e. The zero-order chi connectivity index (χ0) is 17.2. The largest absolute Gasteiger partial charge is 0.479 e. The van der Waals surface area contributed by atoms with Gasteiger partial charge >= 0.3 is 5.97 Å². The van der Waals surface area contributed by atoms with Crippen LogP contribution in [0.4, 0.5) is 0 Å². The first-order valence-electron chi connectivity index (χ1n) is 8.02. The molecule has 7 heteroatoms. The molecule has 1 aliphatic carbocycles. The van der Waals surface area contributed by atoms with E-state index >= 15 is 0 Å². The Kier molecular flexibility index (Phi) is 4.33. The number of rotatable bonds is 4. The van der Waals surface area contributed by atoms with Crippen molar-refractivity contribution in [2.24, 2.45) is 0 Å². The number of pyridine rings is 1. The maximum absolute atomic E-state index is 12.8. The number of carboxylic acid groups (broad SMARTS) is 1. The molecule has 7 nitrogen and oxygen atoms in total. The van der Waals surface area contributed by atoms with Gasteiger partial charge in [0.15, 0.2) is 0 Å². The van der Waals surface area contributed by atoms with Crippen LogP contribution in [0.15, 0.2) is 36.8 Å². The predicted octanol–water partition coefficient (Wildman–Crippen LogP) is 2.13. The molecule has 1 amide bonds. The Morgan fingerprint density at radius 2 is 2.00 bits per heavy atom. The molecule has 2 aromatic rings. The SMILES string of the molecule is CN(C(=O)c1cc(-n2cccn2)ccn1)C1(C(=O)O)CCCCC1. The summed E-state index contributed by atoms with van der Waals surface area (Å²) in [6.45, 7) is 0. The molecule has 24 heavy (non-hydrogen) atoms. The Bertz CT molecular complexity index is 736. The molecular formula is C17H20N4O3. The molecule has 3 rings (SSSR count). The number of likely N-dealkylation sites (N-methyl/N-ethyl adjacent to an activating group) is 1. The zero-order valence-electron chi connectivity index (χ0n) is 13.6. The van der Waals surface area contributed by atoms with Crippen molar-refractivity contribution in [3.63, 3.8) is 0 Å². The van der Waals surface area contributed by atoms with Crippen LogP contribution < -0.4 is 0 Å². The number of hydrogen-bond acceptors (Lipinski definition) is 4. The maximum Gasteiger partial charge on any atom is 0.329 e. The Labute approximate surface area is 139 Å². The van der Waals surface area contributed by atoms with Gasteiger partial charge < -0.3 is 10.0 Å². The number of aliphatic carboxylic acids is 1. The van der Waals surface area contributed by atoms with E-state index in [9.17, 15) is 14.7 Å². The van der Waals surface area contributed by atoms with E-state index in [1.807, 2.05) is 0 Å². The molecule has 1 N–H and O–H groups in total. The van der Waals surface area contributed by atoms with Crippen molar-refractivity contribution in [3.8, 4) is 5.69 Å². The number of carbonyl (C=O) groups is 2. The second kappa shape index (κ2) is 6.43. The Balaban J connectivity index is 1.90. The van der Waals surface area contributed by atoms with Crippen LogP contribution >= 0.6 is 0 Å². The van der Waals surface area contributed by atoms with E-state index in [1.165, 1.54) is 11.1 Å². The lowest BCUT2D eigenvalue weighted by Gasteiger charge is -2.40. The Hall–Kier alpha value is -2.70. The minimum Gasteiger partial charge on any atom is -0.479 e. The van der Waals surface area contributed by atoms with Gasteiger partial charge in [-0.1, -0.05) is 19.3 Å². The summed E-state index contributed by atoms with van der Waals surface area (Å²) in [7, 11) is 1.56. The van der Waals surface area contributed by atoms with Gasteiger partial charge in [0.05, 0.1) is 5.69 Å². The Morgan fingerprint density at radius 1 is 1.25 bits per heavy atom. The van der Waals surface area contributed by atoms with Gasteiger partial charge in [-0.2, -0.15) is 5.10 Å². The van der Waals surface area contributed by atoms with Crippen molar-refractivity contribution >= 4 is 11.9 Å². The van der Waals surface area contributed by atoms with Crippen molar-refractivity contribution in [3.05, 3.63) is 42.5 Å². The van der Waals surface area contributed by atoms with Gasteiger partial charge in [0.1, 0.15) is 11.2 Å². The quantitative estimate of drug-likeness (QED) is 0.929. The third kappa shape index (κ3) is 2.77. The Morgan fingerprint density at radius 3 is 2.62 bits per heavy atom. The van der Waals surface area contributed by atoms with E-state index in [4.69, 9.17) is 0 Å². The van der Waals surface area contributed by atoms with E-state index in [1.54, 1.807) is 42.3 Å². The third-order valence-electron chi connectivity index (χ3n) is 4.76. The molecule has 2 aromatic heterocycles. The van der Waals surface area contributed by atoms with Crippen molar-refractivity contribution in [1.29, 1.82) is 0 Å². The van der Waals surface area contributed by atoms with Crippen LogP contribution in [0.2, 0.25) is 0 Å². The van der Waals surface area contributed by atoms with Gasteiger partial charge in [-0.3, -0.25) is 9.78 Å². The average molecular weight is 328 g/mol. The molecule has 2 heterocycles. The average Bonchev–Trinajstić information content (AvgIpc) is 3.15. The van der Waals surface area contributed by atoms with E-state index in [2.05, 4.69) is 10.1 Å². The number of aromatic nitrogens is 3. The van der Waals surface area contributed by atoms with Gasteiger partial charge in [-0.25, -0.2) is 9.48 Å². The van der Waals surface area contributed by atoms with Gasteiger partial charge in [-0.05, 0) is 31.0 Å². The second-order valence-corrected chi connectivity index (χ2v) is 6.11. The summed E-state index contributed by atoms with van der Waals surface area (Å²) in [5.41, 5.74) is -0.213. The summed E-state index contributed by atoms with van der Waals surface area (Å²) in [6.07, 6.45) is 8.53. The summed E-state index contributed by atoms with van der Waals surface area (Å²) in [5.74, 6) is -1.32. The molecule has 0 radical (unpaired) electrons. The molecule has 0 atom stereocenters. The van der Waals surface area contributed by atoms with Crippen molar-refractivity contribution in [2.75, 3.05) is 7.05 Å². The summed E-state index contributed by atoms with van der Waals surface area (Å²) < 4.78 is 1.63. The molecule has 1 fully saturated rings.